The van der Waals surface area contributed by atoms with Crippen LogP contribution in [0.2, 0.25) is 0 Å². The van der Waals surface area contributed by atoms with Crippen molar-refractivity contribution in [1.82, 2.24) is 15.2 Å². The Labute approximate surface area is 176 Å². The summed E-state index contributed by atoms with van der Waals surface area (Å²) in [6.07, 6.45) is 3.77. The highest BCUT2D eigenvalue weighted by molar-refractivity contribution is 7.13. The largest absolute Gasteiger partial charge is 0.384 e. The quantitative estimate of drug-likeness (QED) is 0.434. The molecule has 9 nitrogen and oxygen atoms in total. The van der Waals surface area contributed by atoms with Gasteiger partial charge in [0.25, 0.3) is 11.8 Å². The Morgan fingerprint density at radius 2 is 1.90 bits per heavy atom. The summed E-state index contributed by atoms with van der Waals surface area (Å²) in [5, 5.41) is 11.5. The molecule has 4 amide bonds. The monoisotopic (exact) mass is 427 g/mol. The number of hydrogen-bond donors (Lipinski definition) is 3. The maximum Gasteiger partial charge on any atom is 0.264 e. The maximum atomic E-state index is 13.0. The van der Waals surface area contributed by atoms with Gasteiger partial charge in [-0.1, -0.05) is 6.07 Å². The number of amides is 4. The molecule has 2 aliphatic heterocycles. The topological polar surface area (TPSA) is 120 Å². The number of carbonyl (C=O) groups is 4. The molecule has 0 bridgehead atoms. The van der Waals surface area contributed by atoms with E-state index < -0.39 is 23.8 Å². The number of unbranched alkanes of at least 4 members (excludes halogenated alkanes) is 1. The highest BCUT2D eigenvalue weighted by atomic mass is 32.1. The Morgan fingerprint density at radius 1 is 1.10 bits per heavy atom. The number of thiazole rings is 1. The van der Waals surface area contributed by atoms with E-state index in [0.29, 0.717) is 12.2 Å². The van der Waals surface area contributed by atoms with Gasteiger partial charge in [-0.25, -0.2) is 4.98 Å². The van der Waals surface area contributed by atoms with Gasteiger partial charge in [-0.3, -0.25) is 29.4 Å². The Kier molecular flexibility index (Phi) is 5.75. The van der Waals surface area contributed by atoms with Crippen LogP contribution in [-0.4, -0.2) is 52.6 Å². The Morgan fingerprint density at radius 3 is 2.63 bits per heavy atom. The van der Waals surface area contributed by atoms with Crippen molar-refractivity contribution in [1.29, 1.82) is 0 Å². The highest BCUT2D eigenvalue weighted by Crippen LogP contribution is 2.32. The predicted octanol–water partition coefficient (Wildman–Crippen LogP) is 1.85. The molecule has 156 valence electrons. The fourth-order valence-electron chi connectivity index (χ4n) is 3.64. The lowest BCUT2D eigenvalue weighted by Gasteiger charge is -2.27. The first-order valence-electron chi connectivity index (χ1n) is 9.78. The standard InChI is InChI=1S/C20H21N5O4S/c26-15-7-6-14(17(27)24-15)25-18(28)12-4-3-5-13(16(12)19(25)29)21-8-1-2-9-22-20-23-10-11-30-20/h3-5,10-11,14,21H,1-2,6-9H2,(H,22,23)(H,24,26,27). The third-order valence-corrected chi connectivity index (χ3v) is 5.83. The third-order valence-electron chi connectivity index (χ3n) is 5.10. The summed E-state index contributed by atoms with van der Waals surface area (Å²) in [7, 11) is 0. The van der Waals surface area contributed by atoms with Crippen LogP contribution in [0.25, 0.3) is 0 Å². The van der Waals surface area contributed by atoms with Crippen molar-refractivity contribution in [3.63, 3.8) is 0 Å². The average Bonchev–Trinajstić information content (AvgIpc) is 3.33. The number of fused-ring (bicyclic) bond motifs is 1. The van der Waals surface area contributed by atoms with Gasteiger partial charge >= 0.3 is 0 Å². The molecular weight excluding hydrogens is 406 g/mol. The zero-order valence-corrected chi connectivity index (χ0v) is 17.0. The Bertz CT molecular complexity index is 991. The maximum absolute atomic E-state index is 13.0. The van der Waals surface area contributed by atoms with Crippen LogP contribution in [0.3, 0.4) is 0 Å². The molecule has 1 aromatic carbocycles. The minimum Gasteiger partial charge on any atom is -0.384 e. The number of nitrogens with zero attached hydrogens (tertiary/aromatic N) is 2. The highest BCUT2D eigenvalue weighted by Gasteiger charge is 2.45. The van der Waals surface area contributed by atoms with Crippen molar-refractivity contribution in [3.05, 3.63) is 40.9 Å². The summed E-state index contributed by atoms with van der Waals surface area (Å²) in [5.41, 5.74) is 1.14. The molecule has 1 aromatic heterocycles. The van der Waals surface area contributed by atoms with Gasteiger partial charge in [0.05, 0.1) is 11.1 Å². The van der Waals surface area contributed by atoms with E-state index in [9.17, 15) is 19.2 Å². The van der Waals surface area contributed by atoms with E-state index in [0.717, 1.165) is 29.4 Å². The lowest BCUT2D eigenvalue weighted by Crippen LogP contribution is -2.54. The molecule has 0 aliphatic carbocycles. The molecule has 2 aliphatic rings. The zero-order chi connectivity index (χ0) is 21.1. The van der Waals surface area contributed by atoms with Crippen LogP contribution in [0.4, 0.5) is 10.8 Å². The SMILES string of the molecule is O=C1CCC(N2C(=O)c3cccc(NCCCCNc4nccs4)c3C2=O)C(=O)N1. The van der Waals surface area contributed by atoms with Crippen LogP contribution in [0.15, 0.2) is 29.8 Å². The molecule has 0 saturated carbocycles. The smallest absolute Gasteiger partial charge is 0.264 e. The molecule has 3 heterocycles. The van der Waals surface area contributed by atoms with Gasteiger partial charge in [0.15, 0.2) is 5.13 Å². The lowest BCUT2D eigenvalue weighted by atomic mass is 10.0. The van der Waals surface area contributed by atoms with Crippen LogP contribution < -0.4 is 16.0 Å². The van der Waals surface area contributed by atoms with Gasteiger partial charge in [-0.15, -0.1) is 11.3 Å². The van der Waals surface area contributed by atoms with E-state index in [4.69, 9.17) is 0 Å². The van der Waals surface area contributed by atoms with E-state index in [2.05, 4.69) is 20.9 Å². The Balaban J connectivity index is 1.38. The van der Waals surface area contributed by atoms with E-state index >= 15 is 0 Å². The number of imide groups is 2. The second-order valence-corrected chi connectivity index (χ2v) is 7.97. The minimum atomic E-state index is -0.958. The number of nitrogens with one attached hydrogen (secondary N) is 3. The number of benzene rings is 1. The molecule has 30 heavy (non-hydrogen) atoms. The van der Waals surface area contributed by atoms with Gasteiger partial charge in [0.1, 0.15) is 6.04 Å². The molecule has 4 rings (SSSR count). The summed E-state index contributed by atoms with van der Waals surface area (Å²) >= 11 is 1.55. The molecule has 1 atom stereocenters. The van der Waals surface area contributed by atoms with E-state index in [1.807, 2.05) is 5.38 Å². The van der Waals surface area contributed by atoms with Crippen molar-refractivity contribution in [2.24, 2.45) is 0 Å². The van der Waals surface area contributed by atoms with Gasteiger partial charge in [0.2, 0.25) is 11.8 Å². The molecular formula is C20H21N5O4S. The molecule has 1 saturated heterocycles. The summed E-state index contributed by atoms with van der Waals surface area (Å²) in [4.78, 5) is 54.5. The molecule has 3 N–H and O–H groups in total. The third kappa shape index (κ3) is 3.90. The minimum absolute atomic E-state index is 0.101. The van der Waals surface area contributed by atoms with Gasteiger partial charge in [0, 0.05) is 36.8 Å². The van der Waals surface area contributed by atoms with E-state index in [-0.39, 0.29) is 29.9 Å². The fourth-order valence-corrected chi connectivity index (χ4v) is 4.20. The van der Waals surface area contributed by atoms with Crippen LogP contribution in [0.5, 0.6) is 0 Å². The van der Waals surface area contributed by atoms with Gasteiger partial charge < -0.3 is 10.6 Å². The van der Waals surface area contributed by atoms with Crippen LogP contribution in [-0.2, 0) is 9.59 Å². The normalized spacial score (nSPS) is 18.4. The first-order valence-corrected chi connectivity index (χ1v) is 10.7. The summed E-state index contributed by atoms with van der Waals surface area (Å²) in [6.45, 7) is 1.43. The number of carbonyl (C=O) groups excluding carboxylic acids is 4. The number of aromatic nitrogens is 1. The molecule has 0 radical (unpaired) electrons. The fraction of sp³-hybridized carbons (Fsp3) is 0.350. The first kappa shape index (κ1) is 20.0. The van der Waals surface area contributed by atoms with Crippen molar-refractivity contribution in [2.45, 2.75) is 31.7 Å². The molecule has 2 aromatic rings. The number of rotatable bonds is 8. The lowest BCUT2D eigenvalue weighted by molar-refractivity contribution is -0.136. The average molecular weight is 427 g/mol. The molecule has 1 fully saturated rings. The zero-order valence-electron chi connectivity index (χ0n) is 16.1. The van der Waals surface area contributed by atoms with Gasteiger partial charge in [-0.05, 0) is 31.4 Å². The van der Waals surface area contributed by atoms with Crippen molar-refractivity contribution in [2.75, 3.05) is 23.7 Å². The second kappa shape index (κ2) is 8.62. The van der Waals surface area contributed by atoms with Crippen LogP contribution >= 0.6 is 11.3 Å². The summed E-state index contributed by atoms with van der Waals surface area (Å²) in [6, 6.07) is 4.10. The number of anilines is 2. The summed E-state index contributed by atoms with van der Waals surface area (Å²) < 4.78 is 0. The predicted molar refractivity (Wildman–Crippen MR) is 111 cm³/mol. The Hall–Kier alpha value is -3.27. The van der Waals surface area contributed by atoms with Crippen molar-refractivity contribution < 1.29 is 19.2 Å². The first-order chi connectivity index (χ1) is 14.6. The van der Waals surface area contributed by atoms with Crippen LogP contribution in [0.1, 0.15) is 46.4 Å². The molecule has 10 heteroatoms. The van der Waals surface area contributed by atoms with Crippen LogP contribution in [0, 0.1) is 0 Å². The molecule has 1 unspecified atom stereocenters. The number of piperidine rings is 1. The van der Waals surface area contributed by atoms with Crippen molar-refractivity contribution >= 4 is 45.8 Å². The van der Waals surface area contributed by atoms with Crippen molar-refractivity contribution in [3.8, 4) is 0 Å². The van der Waals surface area contributed by atoms with E-state index in [1.165, 1.54) is 0 Å². The number of hydrogen-bond acceptors (Lipinski definition) is 8. The van der Waals surface area contributed by atoms with Gasteiger partial charge in [-0.2, -0.15) is 0 Å². The second-order valence-electron chi connectivity index (χ2n) is 7.07. The summed E-state index contributed by atoms with van der Waals surface area (Å²) in [5.74, 6) is -2.00. The van der Waals surface area contributed by atoms with E-state index in [1.54, 1.807) is 35.7 Å². The molecule has 0 spiro atoms.